The molecule has 0 fully saturated rings. The Morgan fingerprint density at radius 1 is 1.53 bits per heavy atom. The molecule has 1 aromatic carbocycles. The second-order valence-electron chi connectivity index (χ2n) is 3.67. The predicted molar refractivity (Wildman–Crippen MR) is 63.0 cm³/mol. The van der Waals surface area contributed by atoms with Crippen LogP contribution in [0.5, 0.6) is 0 Å². The first kappa shape index (κ1) is 10.5. The van der Waals surface area contributed by atoms with Crippen LogP contribution in [0.25, 0.3) is 10.9 Å². The number of nitrogens with two attached hydrogens (primary N) is 1. The van der Waals surface area contributed by atoms with Gasteiger partial charge in [-0.25, -0.2) is 0 Å². The second-order valence-corrected chi connectivity index (χ2v) is 4.03. The van der Waals surface area contributed by atoms with E-state index in [4.69, 9.17) is 17.3 Å². The van der Waals surface area contributed by atoms with Gasteiger partial charge in [0, 0.05) is 18.0 Å². The third-order valence-electron chi connectivity index (χ3n) is 2.56. The number of halogens is 1. The molecule has 4 heteroatoms. The van der Waals surface area contributed by atoms with Gasteiger partial charge in [0.2, 0.25) is 0 Å². The van der Waals surface area contributed by atoms with Crippen LogP contribution < -0.4 is 5.73 Å². The molecular weight excluding hydrogens is 210 g/mol. The summed E-state index contributed by atoms with van der Waals surface area (Å²) < 4.78 is 1.89. The molecule has 15 heavy (non-hydrogen) atoms. The van der Waals surface area contributed by atoms with Gasteiger partial charge < -0.3 is 5.73 Å². The first-order valence-electron chi connectivity index (χ1n) is 5.05. The fraction of sp³-hybridized carbons (Fsp3) is 0.364. The van der Waals surface area contributed by atoms with Crippen LogP contribution in [0.15, 0.2) is 18.2 Å². The number of hydrogen-bond acceptors (Lipinski definition) is 2. The van der Waals surface area contributed by atoms with Crippen LogP contribution in [0, 0.1) is 0 Å². The summed E-state index contributed by atoms with van der Waals surface area (Å²) in [6.07, 6.45) is 0. The van der Waals surface area contributed by atoms with Crippen molar-refractivity contribution in [2.45, 2.75) is 26.4 Å². The predicted octanol–water partition coefficient (Wildman–Crippen LogP) is 2.73. The van der Waals surface area contributed by atoms with E-state index in [0.717, 1.165) is 23.0 Å². The van der Waals surface area contributed by atoms with E-state index < -0.39 is 0 Å². The molecule has 1 heterocycles. The van der Waals surface area contributed by atoms with Crippen molar-refractivity contribution in [3.05, 3.63) is 28.9 Å². The molecule has 0 saturated carbocycles. The van der Waals surface area contributed by atoms with Crippen molar-refractivity contribution in [2.75, 3.05) is 0 Å². The number of aryl methyl sites for hydroxylation is 1. The molecule has 1 atom stereocenters. The summed E-state index contributed by atoms with van der Waals surface area (Å²) in [5.41, 5.74) is 8.00. The van der Waals surface area contributed by atoms with E-state index in [0.29, 0.717) is 5.15 Å². The molecule has 0 saturated heterocycles. The van der Waals surface area contributed by atoms with Crippen molar-refractivity contribution in [1.29, 1.82) is 0 Å². The quantitative estimate of drug-likeness (QED) is 0.851. The number of nitrogens with zero attached hydrogens (tertiary/aromatic N) is 2. The Morgan fingerprint density at radius 2 is 2.27 bits per heavy atom. The highest BCUT2D eigenvalue weighted by Gasteiger charge is 2.09. The molecule has 0 aliphatic rings. The summed E-state index contributed by atoms with van der Waals surface area (Å²) in [6.45, 7) is 4.82. The molecule has 0 bridgehead atoms. The highest BCUT2D eigenvalue weighted by Crippen LogP contribution is 2.25. The monoisotopic (exact) mass is 223 g/mol. The van der Waals surface area contributed by atoms with Gasteiger partial charge in [-0.3, -0.25) is 4.68 Å². The fourth-order valence-electron chi connectivity index (χ4n) is 1.67. The maximum absolute atomic E-state index is 6.03. The second kappa shape index (κ2) is 3.83. The zero-order chi connectivity index (χ0) is 11.0. The number of fused-ring (bicyclic) bond motifs is 1. The van der Waals surface area contributed by atoms with Crippen LogP contribution in [-0.2, 0) is 6.54 Å². The van der Waals surface area contributed by atoms with E-state index in [2.05, 4.69) is 11.2 Å². The third kappa shape index (κ3) is 1.73. The standard InChI is InChI=1S/C11H14ClN3/c1-3-15-10-6-8(7(2)13)4-5-9(10)11(12)14-15/h4-7H,3,13H2,1-2H3. The molecule has 0 aliphatic heterocycles. The minimum atomic E-state index is 0.0355. The summed E-state index contributed by atoms with van der Waals surface area (Å²) in [4.78, 5) is 0. The summed E-state index contributed by atoms with van der Waals surface area (Å²) in [7, 11) is 0. The lowest BCUT2D eigenvalue weighted by atomic mass is 10.1. The summed E-state index contributed by atoms with van der Waals surface area (Å²) in [6, 6.07) is 6.08. The molecule has 1 aromatic heterocycles. The summed E-state index contributed by atoms with van der Waals surface area (Å²) in [5, 5.41) is 5.80. The van der Waals surface area contributed by atoms with Crippen LogP contribution in [0.2, 0.25) is 5.15 Å². The molecule has 1 unspecified atom stereocenters. The van der Waals surface area contributed by atoms with Gasteiger partial charge in [0.05, 0.1) is 5.52 Å². The first-order chi connectivity index (χ1) is 7.13. The van der Waals surface area contributed by atoms with Crippen LogP contribution in [0.3, 0.4) is 0 Å². The zero-order valence-corrected chi connectivity index (χ0v) is 9.62. The SMILES string of the molecule is CCn1nc(Cl)c2ccc(C(C)N)cc21. The van der Waals surface area contributed by atoms with Crippen LogP contribution in [-0.4, -0.2) is 9.78 Å². The van der Waals surface area contributed by atoms with E-state index in [-0.39, 0.29) is 6.04 Å². The lowest BCUT2D eigenvalue weighted by Crippen LogP contribution is -2.05. The lowest BCUT2D eigenvalue weighted by molar-refractivity contribution is 0.683. The molecule has 2 rings (SSSR count). The van der Waals surface area contributed by atoms with Crippen LogP contribution >= 0.6 is 11.6 Å². The highest BCUT2D eigenvalue weighted by atomic mass is 35.5. The largest absolute Gasteiger partial charge is 0.324 e. The van der Waals surface area contributed by atoms with Gasteiger partial charge in [-0.15, -0.1) is 0 Å². The van der Waals surface area contributed by atoms with Gasteiger partial charge in [-0.1, -0.05) is 17.7 Å². The summed E-state index contributed by atoms with van der Waals surface area (Å²) >= 11 is 6.03. The van der Waals surface area contributed by atoms with Crippen molar-refractivity contribution in [3.63, 3.8) is 0 Å². The van der Waals surface area contributed by atoms with Crippen molar-refractivity contribution in [3.8, 4) is 0 Å². The Kier molecular flexibility index (Phi) is 2.67. The Labute approximate surface area is 93.8 Å². The molecule has 0 aliphatic carbocycles. The molecule has 0 amide bonds. The molecule has 0 spiro atoms. The molecule has 2 aromatic rings. The normalized spacial score (nSPS) is 13.3. The Bertz CT molecular complexity index is 488. The lowest BCUT2D eigenvalue weighted by Gasteiger charge is -2.06. The Hall–Kier alpha value is -1.06. The average Bonchev–Trinajstić information content (AvgIpc) is 2.55. The molecule has 3 nitrogen and oxygen atoms in total. The zero-order valence-electron chi connectivity index (χ0n) is 8.87. The van der Waals surface area contributed by atoms with E-state index in [1.807, 2.05) is 30.7 Å². The van der Waals surface area contributed by atoms with Gasteiger partial charge in [-0.2, -0.15) is 5.10 Å². The van der Waals surface area contributed by atoms with Gasteiger partial charge in [0.15, 0.2) is 5.15 Å². The van der Waals surface area contributed by atoms with Gasteiger partial charge in [0.25, 0.3) is 0 Å². The number of hydrogen-bond donors (Lipinski definition) is 1. The van der Waals surface area contributed by atoms with Crippen molar-refractivity contribution < 1.29 is 0 Å². The fourth-order valence-corrected chi connectivity index (χ4v) is 1.93. The Morgan fingerprint density at radius 3 is 2.87 bits per heavy atom. The molecule has 0 radical (unpaired) electrons. The first-order valence-corrected chi connectivity index (χ1v) is 5.42. The third-order valence-corrected chi connectivity index (χ3v) is 2.84. The summed E-state index contributed by atoms with van der Waals surface area (Å²) in [5.74, 6) is 0. The molecule has 2 N–H and O–H groups in total. The van der Waals surface area contributed by atoms with Crippen molar-refractivity contribution in [1.82, 2.24) is 9.78 Å². The topological polar surface area (TPSA) is 43.8 Å². The molecule has 80 valence electrons. The van der Waals surface area contributed by atoms with Gasteiger partial charge in [-0.05, 0) is 31.5 Å². The van der Waals surface area contributed by atoms with Gasteiger partial charge in [0.1, 0.15) is 0 Å². The van der Waals surface area contributed by atoms with E-state index in [1.54, 1.807) is 0 Å². The maximum atomic E-state index is 6.03. The number of aromatic nitrogens is 2. The van der Waals surface area contributed by atoms with E-state index in [1.165, 1.54) is 0 Å². The van der Waals surface area contributed by atoms with Crippen LogP contribution in [0.1, 0.15) is 25.5 Å². The maximum Gasteiger partial charge on any atom is 0.158 e. The van der Waals surface area contributed by atoms with E-state index >= 15 is 0 Å². The van der Waals surface area contributed by atoms with Gasteiger partial charge >= 0.3 is 0 Å². The van der Waals surface area contributed by atoms with Crippen LogP contribution in [0.4, 0.5) is 0 Å². The minimum Gasteiger partial charge on any atom is -0.324 e. The Balaban J connectivity index is 2.68. The number of benzene rings is 1. The van der Waals surface area contributed by atoms with Crippen molar-refractivity contribution >= 4 is 22.5 Å². The number of rotatable bonds is 2. The van der Waals surface area contributed by atoms with Crippen molar-refractivity contribution in [2.24, 2.45) is 5.73 Å². The highest BCUT2D eigenvalue weighted by molar-refractivity contribution is 6.34. The molecular formula is C11H14ClN3. The average molecular weight is 224 g/mol. The smallest absolute Gasteiger partial charge is 0.158 e. The van der Waals surface area contributed by atoms with E-state index in [9.17, 15) is 0 Å². The minimum absolute atomic E-state index is 0.0355.